The standard InChI is InChI=1S/C25H29ClN2O2/c1-16-13-17(2)23-18(3)24(30-22(23)14-16)25(29)27-15-21(28-11-7-4-8-12-28)19-9-5-6-10-20(19)26/h5-6,9-10,13-14,21H,4,7-8,11-12,15H2,1-3H3,(H,27,29). The van der Waals surface area contributed by atoms with Crippen LogP contribution in [0, 0.1) is 20.8 Å². The lowest BCUT2D eigenvalue weighted by molar-refractivity contribution is 0.0898. The van der Waals surface area contributed by atoms with Gasteiger partial charge in [-0.2, -0.15) is 0 Å². The second-order valence-corrected chi connectivity index (χ2v) is 8.76. The number of nitrogens with zero attached hydrogens (tertiary/aromatic N) is 1. The van der Waals surface area contributed by atoms with Crippen LogP contribution in [0.15, 0.2) is 40.8 Å². The van der Waals surface area contributed by atoms with Gasteiger partial charge >= 0.3 is 0 Å². The Hall–Kier alpha value is -2.30. The van der Waals surface area contributed by atoms with Crippen LogP contribution in [0.4, 0.5) is 0 Å². The van der Waals surface area contributed by atoms with E-state index in [-0.39, 0.29) is 11.9 Å². The first-order chi connectivity index (χ1) is 14.5. The van der Waals surface area contributed by atoms with Crippen molar-refractivity contribution < 1.29 is 9.21 Å². The van der Waals surface area contributed by atoms with E-state index in [4.69, 9.17) is 16.0 Å². The number of halogens is 1. The Balaban J connectivity index is 1.58. The highest BCUT2D eigenvalue weighted by molar-refractivity contribution is 6.31. The van der Waals surface area contributed by atoms with Gasteiger partial charge < -0.3 is 9.73 Å². The van der Waals surface area contributed by atoms with Crippen molar-refractivity contribution in [2.45, 2.75) is 46.1 Å². The van der Waals surface area contributed by atoms with Gasteiger partial charge in [0.15, 0.2) is 5.76 Å². The van der Waals surface area contributed by atoms with E-state index in [0.717, 1.165) is 51.3 Å². The molecule has 1 amide bonds. The number of likely N-dealkylation sites (tertiary alicyclic amines) is 1. The maximum Gasteiger partial charge on any atom is 0.287 e. The average Bonchev–Trinajstić information content (AvgIpc) is 3.06. The molecule has 4 nitrogen and oxygen atoms in total. The molecule has 1 unspecified atom stereocenters. The smallest absolute Gasteiger partial charge is 0.287 e. The summed E-state index contributed by atoms with van der Waals surface area (Å²) in [6.45, 7) is 8.60. The maximum atomic E-state index is 13.1. The lowest BCUT2D eigenvalue weighted by Crippen LogP contribution is -2.40. The van der Waals surface area contributed by atoms with E-state index in [1.54, 1.807) is 0 Å². The molecule has 0 spiro atoms. The fourth-order valence-corrected chi connectivity index (χ4v) is 4.95. The number of hydrogen-bond donors (Lipinski definition) is 1. The van der Waals surface area contributed by atoms with Crippen molar-refractivity contribution in [1.82, 2.24) is 10.2 Å². The summed E-state index contributed by atoms with van der Waals surface area (Å²) in [7, 11) is 0. The average molecular weight is 425 g/mol. The topological polar surface area (TPSA) is 45.5 Å². The highest BCUT2D eigenvalue weighted by atomic mass is 35.5. The van der Waals surface area contributed by atoms with Crippen LogP contribution in [-0.4, -0.2) is 30.4 Å². The first-order valence-corrected chi connectivity index (χ1v) is 11.1. The molecule has 0 aliphatic carbocycles. The predicted molar refractivity (Wildman–Crippen MR) is 122 cm³/mol. The van der Waals surface area contributed by atoms with Crippen molar-refractivity contribution in [2.75, 3.05) is 19.6 Å². The summed E-state index contributed by atoms with van der Waals surface area (Å²) in [5.41, 5.74) is 4.99. The van der Waals surface area contributed by atoms with E-state index in [0.29, 0.717) is 12.3 Å². The molecule has 2 aromatic carbocycles. The molecule has 4 rings (SSSR count). The highest BCUT2D eigenvalue weighted by Crippen LogP contribution is 2.31. The quantitative estimate of drug-likeness (QED) is 0.548. The molecule has 1 aromatic heterocycles. The first-order valence-electron chi connectivity index (χ1n) is 10.7. The third-order valence-corrected chi connectivity index (χ3v) is 6.47. The summed E-state index contributed by atoms with van der Waals surface area (Å²) < 4.78 is 5.98. The zero-order valence-corrected chi connectivity index (χ0v) is 18.7. The van der Waals surface area contributed by atoms with Gasteiger partial charge in [0.2, 0.25) is 0 Å². The number of hydrogen-bond acceptors (Lipinski definition) is 3. The molecule has 158 valence electrons. The van der Waals surface area contributed by atoms with Crippen LogP contribution in [0.5, 0.6) is 0 Å². The van der Waals surface area contributed by atoms with Gasteiger partial charge in [0.25, 0.3) is 5.91 Å². The van der Waals surface area contributed by atoms with Crippen LogP contribution in [-0.2, 0) is 0 Å². The van der Waals surface area contributed by atoms with E-state index in [9.17, 15) is 4.79 Å². The summed E-state index contributed by atoms with van der Waals surface area (Å²) >= 11 is 6.52. The molecule has 1 atom stereocenters. The molecule has 3 aromatic rings. The van der Waals surface area contributed by atoms with Gasteiger partial charge in [-0.05, 0) is 75.5 Å². The van der Waals surface area contributed by atoms with Crippen molar-refractivity contribution in [2.24, 2.45) is 0 Å². The lowest BCUT2D eigenvalue weighted by atomic mass is 10.0. The van der Waals surface area contributed by atoms with Gasteiger partial charge in [-0.15, -0.1) is 0 Å². The molecule has 1 N–H and O–H groups in total. The fourth-order valence-electron chi connectivity index (χ4n) is 4.69. The van der Waals surface area contributed by atoms with Crippen LogP contribution < -0.4 is 5.32 Å². The van der Waals surface area contributed by atoms with E-state index < -0.39 is 0 Å². The van der Waals surface area contributed by atoms with Gasteiger partial charge in [0.1, 0.15) is 5.58 Å². The third kappa shape index (κ3) is 4.12. The molecular formula is C25H29ClN2O2. The Morgan fingerprint density at radius 2 is 1.87 bits per heavy atom. The Bertz CT molecular complexity index is 1070. The molecule has 1 fully saturated rings. The Labute approximate surface area is 183 Å². The Morgan fingerprint density at radius 1 is 1.13 bits per heavy atom. The van der Waals surface area contributed by atoms with Gasteiger partial charge in [-0.25, -0.2) is 0 Å². The minimum absolute atomic E-state index is 0.0524. The second-order valence-electron chi connectivity index (χ2n) is 8.36. The number of aryl methyl sites for hydroxylation is 3. The van der Waals surface area contributed by atoms with Crippen LogP contribution >= 0.6 is 11.6 Å². The third-order valence-electron chi connectivity index (χ3n) is 6.13. The SMILES string of the molecule is Cc1cc(C)c2c(C)c(C(=O)NCC(c3ccccc3Cl)N3CCCCC3)oc2c1. The van der Waals surface area contributed by atoms with Gasteiger partial charge in [0.05, 0.1) is 6.04 Å². The second kappa shape index (κ2) is 8.83. The molecular weight excluding hydrogens is 396 g/mol. The highest BCUT2D eigenvalue weighted by Gasteiger charge is 2.26. The summed E-state index contributed by atoms with van der Waals surface area (Å²) in [5, 5.41) is 4.90. The Kier molecular flexibility index (Phi) is 6.16. The predicted octanol–water partition coefficient (Wildman–Crippen LogP) is 5.97. The Morgan fingerprint density at radius 3 is 2.60 bits per heavy atom. The summed E-state index contributed by atoms with van der Waals surface area (Å²) in [6, 6.07) is 12.1. The van der Waals surface area contributed by atoms with Gasteiger partial charge in [-0.3, -0.25) is 9.69 Å². The molecule has 1 aliphatic heterocycles. The van der Waals surface area contributed by atoms with E-state index in [1.165, 1.54) is 19.3 Å². The summed E-state index contributed by atoms with van der Waals surface area (Å²) in [4.78, 5) is 15.5. The van der Waals surface area contributed by atoms with Crippen LogP contribution in [0.3, 0.4) is 0 Å². The molecule has 1 aliphatic rings. The minimum atomic E-state index is -0.171. The maximum absolute atomic E-state index is 13.1. The van der Waals surface area contributed by atoms with E-state index in [2.05, 4.69) is 29.3 Å². The van der Waals surface area contributed by atoms with E-state index >= 15 is 0 Å². The lowest BCUT2D eigenvalue weighted by Gasteiger charge is -2.35. The fraction of sp³-hybridized carbons (Fsp3) is 0.400. The van der Waals surface area contributed by atoms with Crippen LogP contribution in [0.1, 0.15) is 58.1 Å². The molecule has 30 heavy (non-hydrogen) atoms. The van der Waals surface area contributed by atoms with Crippen molar-refractivity contribution in [1.29, 1.82) is 0 Å². The molecule has 0 bridgehead atoms. The van der Waals surface area contributed by atoms with Crippen LogP contribution in [0.2, 0.25) is 5.02 Å². The molecule has 1 saturated heterocycles. The summed E-state index contributed by atoms with van der Waals surface area (Å²) in [5.74, 6) is 0.227. The van der Waals surface area contributed by atoms with Crippen molar-refractivity contribution in [3.8, 4) is 0 Å². The van der Waals surface area contributed by atoms with Crippen molar-refractivity contribution >= 4 is 28.5 Å². The number of piperidine rings is 1. The number of carbonyl (C=O) groups is 1. The number of carbonyl (C=O) groups excluding carboxylic acids is 1. The van der Waals surface area contributed by atoms with Crippen molar-refractivity contribution in [3.63, 3.8) is 0 Å². The van der Waals surface area contributed by atoms with E-state index in [1.807, 2.05) is 38.1 Å². The summed E-state index contributed by atoms with van der Waals surface area (Å²) in [6.07, 6.45) is 3.61. The number of rotatable bonds is 5. The zero-order valence-electron chi connectivity index (χ0n) is 17.9. The molecule has 0 saturated carbocycles. The molecule has 5 heteroatoms. The monoisotopic (exact) mass is 424 g/mol. The molecule has 2 heterocycles. The largest absolute Gasteiger partial charge is 0.451 e. The zero-order chi connectivity index (χ0) is 21.3. The number of amides is 1. The van der Waals surface area contributed by atoms with Gasteiger partial charge in [0, 0.05) is 22.5 Å². The first kappa shape index (κ1) is 21.0. The van der Waals surface area contributed by atoms with Crippen LogP contribution in [0.25, 0.3) is 11.0 Å². The van der Waals surface area contributed by atoms with Crippen molar-refractivity contribution in [3.05, 3.63) is 69.4 Å². The minimum Gasteiger partial charge on any atom is -0.451 e. The normalized spacial score (nSPS) is 16.0. The van der Waals surface area contributed by atoms with Gasteiger partial charge in [-0.1, -0.05) is 42.3 Å². The number of furan rings is 1. The number of benzene rings is 2. The number of nitrogens with one attached hydrogen (secondary N) is 1. The molecule has 0 radical (unpaired) electrons. The number of fused-ring (bicyclic) bond motifs is 1.